The van der Waals surface area contributed by atoms with Crippen LogP contribution in [0.2, 0.25) is 5.02 Å². The van der Waals surface area contributed by atoms with Crippen molar-refractivity contribution in [2.24, 2.45) is 0 Å². The Morgan fingerprint density at radius 1 is 1.23 bits per heavy atom. The second-order valence-electron chi connectivity index (χ2n) is 5.14. The van der Waals surface area contributed by atoms with Crippen molar-refractivity contribution < 1.29 is 13.2 Å². The first-order chi connectivity index (χ1) is 10.3. The Labute approximate surface area is 137 Å². The number of sulfonamides is 1. The third-order valence-electron chi connectivity index (χ3n) is 3.19. The van der Waals surface area contributed by atoms with Gasteiger partial charge in [0.2, 0.25) is 15.9 Å². The van der Waals surface area contributed by atoms with E-state index in [4.69, 9.17) is 11.6 Å². The lowest BCUT2D eigenvalue weighted by molar-refractivity contribution is -0.121. The summed E-state index contributed by atoms with van der Waals surface area (Å²) in [5, 5.41) is 3.38. The summed E-state index contributed by atoms with van der Waals surface area (Å²) < 4.78 is 25.0. The highest BCUT2D eigenvalue weighted by Gasteiger charge is 2.16. The molecule has 0 spiro atoms. The van der Waals surface area contributed by atoms with Crippen LogP contribution in [0.25, 0.3) is 0 Å². The van der Waals surface area contributed by atoms with E-state index >= 15 is 0 Å². The third-order valence-corrected chi connectivity index (χ3v) is 4.75. The fourth-order valence-corrected chi connectivity index (χ4v) is 2.96. The molecule has 0 unspecified atom stereocenters. The van der Waals surface area contributed by atoms with E-state index in [1.807, 2.05) is 19.1 Å². The highest BCUT2D eigenvalue weighted by molar-refractivity contribution is 7.88. The summed E-state index contributed by atoms with van der Waals surface area (Å²) in [5.74, 6) is -0.0475. The molecular formula is C15H23ClN2O3S. The van der Waals surface area contributed by atoms with Gasteiger partial charge in [-0.25, -0.2) is 12.7 Å². The molecule has 0 saturated heterocycles. The van der Waals surface area contributed by atoms with Gasteiger partial charge in [0.1, 0.15) is 0 Å². The second kappa shape index (κ2) is 9.12. The van der Waals surface area contributed by atoms with Gasteiger partial charge in [-0.2, -0.15) is 0 Å². The van der Waals surface area contributed by atoms with Gasteiger partial charge in [0.25, 0.3) is 0 Å². The van der Waals surface area contributed by atoms with Crippen molar-refractivity contribution in [3.8, 4) is 0 Å². The molecule has 0 heterocycles. The predicted octanol–water partition coefficient (Wildman–Crippen LogP) is 2.06. The first kappa shape index (κ1) is 18.9. The Morgan fingerprint density at radius 3 is 2.41 bits per heavy atom. The van der Waals surface area contributed by atoms with E-state index < -0.39 is 10.0 Å². The smallest absolute Gasteiger partial charge is 0.220 e. The molecule has 0 aliphatic heterocycles. The zero-order valence-corrected chi connectivity index (χ0v) is 14.6. The summed E-state index contributed by atoms with van der Waals surface area (Å²) in [4.78, 5) is 11.4. The summed E-state index contributed by atoms with van der Waals surface area (Å²) in [6.07, 6.45) is 3.03. The molecule has 124 valence electrons. The van der Waals surface area contributed by atoms with Gasteiger partial charge in [-0.05, 0) is 30.5 Å². The van der Waals surface area contributed by atoms with Crippen molar-refractivity contribution in [3.63, 3.8) is 0 Å². The average molecular weight is 347 g/mol. The van der Waals surface area contributed by atoms with Crippen molar-refractivity contribution in [2.75, 3.05) is 25.9 Å². The second-order valence-corrected chi connectivity index (χ2v) is 7.56. The molecule has 1 aromatic carbocycles. The van der Waals surface area contributed by atoms with Gasteiger partial charge in [-0.3, -0.25) is 4.79 Å². The number of carbonyl (C=O) groups excluding carboxylic acids is 1. The Balaban J connectivity index is 2.51. The van der Waals surface area contributed by atoms with E-state index in [-0.39, 0.29) is 12.5 Å². The maximum Gasteiger partial charge on any atom is 0.220 e. The first-order valence-corrected chi connectivity index (χ1v) is 9.52. The first-order valence-electron chi connectivity index (χ1n) is 7.29. The molecule has 0 saturated carbocycles. The van der Waals surface area contributed by atoms with Crippen molar-refractivity contribution in [1.29, 1.82) is 0 Å². The number of nitrogens with zero attached hydrogens (tertiary/aromatic N) is 1. The minimum atomic E-state index is -3.30. The monoisotopic (exact) mass is 346 g/mol. The SMILES string of the molecule is CCCC(=O)NCCN(CCc1ccc(Cl)cc1)S(C)(=O)=O. The minimum absolute atomic E-state index is 0.0475. The lowest BCUT2D eigenvalue weighted by atomic mass is 10.1. The molecule has 1 amide bonds. The van der Waals surface area contributed by atoms with Gasteiger partial charge in [-0.15, -0.1) is 0 Å². The lowest BCUT2D eigenvalue weighted by Gasteiger charge is -2.20. The molecule has 7 heteroatoms. The number of benzene rings is 1. The molecule has 22 heavy (non-hydrogen) atoms. The molecule has 1 aromatic rings. The predicted molar refractivity (Wildman–Crippen MR) is 89.5 cm³/mol. The quantitative estimate of drug-likeness (QED) is 0.744. The van der Waals surface area contributed by atoms with Crippen LogP contribution >= 0.6 is 11.6 Å². The minimum Gasteiger partial charge on any atom is -0.355 e. The Bertz CT molecular complexity index is 573. The number of hydrogen-bond acceptors (Lipinski definition) is 3. The summed E-state index contributed by atoms with van der Waals surface area (Å²) in [5.41, 5.74) is 1.02. The Hall–Kier alpha value is -1.11. The summed E-state index contributed by atoms with van der Waals surface area (Å²) in [7, 11) is -3.30. The fourth-order valence-electron chi connectivity index (χ4n) is 1.98. The summed E-state index contributed by atoms with van der Waals surface area (Å²) >= 11 is 5.82. The van der Waals surface area contributed by atoms with E-state index in [2.05, 4.69) is 5.32 Å². The molecule has 0 aliphatic carbocycles. The fraction of sp³-hybridized carbons (Fsp3) is 0.533. The Morgan fingerprint density at radius 2 is 1.86 bits per heavy atom. The van der Waals surface area contributed by atoms with Gasteiger partial charge in [0.15, 0.2) is 0 Å². The molecule has 0 fully saturated rings. The van der Waals surface area contributed by atoms with E-state index in [0.29, 0.717) is 31.0 Å². The van der Waals surface area contributed by atoms with Crippen LogP contribution in [0, 0.1) is 0 Å². The number of amides is 1. The van der Waals surface area contributed by atoms with Crippen LogP contribution in [0.1, 0.15) is 25.3 Å². The largest absolute Gasteiger partial charge is 0.355 e. The average Bonchev–Trinajstić information content (AvgIpc) is 2.43. The number of halogens is 1. The van der Waals surface area contributed by atoms with Gasteiger partial charge < -0.3 is 5.32 Å². The summed E-state index contributed by atoms with van der Waals surface area (Å²) in [6, 6.07) is 7.33. The van der Waals surface area contributed by atoms with Crippen LogP contribution in [-0.4, -0.2) is 44.5 Å². The van der Waals surface area contributed by atoms with Crippen molar-refractivity contribution in [2.45, 2.75) is 26.2 Å². The van der Waals surface area contributed by atoms with Crippen LogP contribution in [-0.2, 0) is 21.2 Å². The highest BCUT2D eigenvalue weighted by atomic mass is 35.5. The van der Waals surface area contributed by atoms with Gasteiger partial charge in [0.05, 0.1) is 6.26 Å². The van der Waals surface area contributed by atoms with Crippen molar-refractivity contribution >= 4 is 27.5 Å². The standard InChI is InChI=1S/C15H23ClN2O3S/c1-3-4-15(19)17-10-12-18(22(2,20)21)11-9-13-5-7-14(16)8-6-13/h5-8H,3-4,9-12H2,1-2H3,(H,17,19). The normalized spacial score (nSPS) is 11.6. The van der Waals surface area contributed by atoms with E-state index in [0.717, 1.165) is 12.0 Å². The van der Waals surface area contributed by atoms with Crippen LogP contribution in [0.4, 0.5) is 0 Å². The van der Waals surface area contributed by atoms with E-state index in [1.54, 1.807) is 12.1 Å². The van der Waals surface area contributed by atoms with Crippen molar-refractivity contribution in [3.05, 3.63) is 34.9 Å². The number of hydrogen-bond donors (Lipinski definition) is 1. The van der Waals surface area contributed by atoms with Crippen LogP contribution in [0.3, 0.4) is 0 Å². The van der Waals surface area contributed by atoms with E-state index in [9.17, 15) is 13.2 Å². The maximum absolute atomic E-state index is 11.8. The number of carbonyl (C=O) groups is 1. The molecule has 1 N–H and O–H groups in total. The molecule has 0 bridgehead atoms. The van der Waals surface area contributed by atoms with Gasteiger partial charge in [-0.1, -0.05) is 30.7 Å². The zero-order chi connectivity index (χ0) is 16.6. The van der Waals surface area contributed by atoms with Crippen LogP contribution in [0.15, 0.2) is 24.3 Å². The number of rotatable bonds is 9. The van der Waals surface area contributed by atoms with Crippen LogP contribution in [0.5, 0.6) is 0 Å². The topological polar surface area (TPSA) is 66.5 Å². The molecule has 0 aliphatic rings. The van der Waals surface area contributed by atoms with Gasteiger partial charge in [0, 0.05) is 31.1 Å². The molecule has 0 aromatic heterocycles. The Kier molecular flexibility index (Phi) is 7.85. The lowest BCUT2D eigenvalue weighted by Crippen LogP contribution is -2.39. The molecule has 1 rings (SSSR count). The molecule has 0 atom stereocenters. The van der Waals surface area contributed by atoms with Crippen LogP contribution < -0.4 is 5.32 Å². The maximum atomic E-state index is 11.8. The summed E-state index contributed by atoms with van der Waals surface area (Å²) in [6.45, 7) is 2.91. The van der Waals surface area contributed by atoms with E-state index in [1.165, 1.54) is 10.6 Å². The molecule has 0 radical (unpaired) electrons. The van der Waals surface area contributed by atoms with Crippen molar-refractivity contribution in [1.82, 2.24) is 9.62 Å². The third kappa shape index (κ3) is 7.24. The zero-order valence-electron chi connectivity index (χ0n) is 13.0. The molecular weight excluding hydrogens is 324 g/mol. The number of nitrogens with one attached hydrogen (secondary N) is 1. The molecule has 5 nitrogen and oxygen atoms in total. The van der Waals surface area contributed by atoms with Gasteiger partial charge >= 0.3 is 0 Å². The highest BCUT2D eigenvalue weighted by Crippen LogP contribution is 2.11.